The lowest BCUT2D eigenvalue weighted by molar-refractivity contribution is -0.162. The molecule has 0 aromatic heterocycles. The summed E-state index contributed by atoms with van der Waals surface area (Å²) in [6, 6.07) is -4.17. The molecule has 2 aromatic rings. The Kier molecular flexibility index (Phi) is 33.8. The number of hydrogen-bond donors (Lipinski definition) is 16. The number of phenolic OH excluding ortho intramolecular Hbond substituents is 1. The summed E-state index contributed by atoms with van der Waals surface area (Å²) in [5.74, 6) is -13.9. The van der Waals surface area contributed by atoms with Crippen molar-refractivity contribution in [1.29, 1.82) is 0 Å². The lowest BCUT2D eigenvalue weighted by Crippen LogP contribution is -2.61. The highest BCUT2D eigenvalue weighted by Gasteiger charge is 2.46. The molecule has 35 heteroatoms. The Morgan fingerprint density at radius 3 is 1.83 bits per heavy atom. The highest BCUT2D eigenvalue weighted by Crippen LogP contribution is 2.27. The number of allylic oxidation sites excluding steroid dienone is 1. The maximum Gasteiger partial charge on any atom is 0.329 e. The molecule has 17 N–H and O–H groups in total. The summed E-state index contributed by atoms with van der Waals surface area (Å²) in [5.41, 5.74) is 6.06. The van der Waals surface area contributed by atoms with Crippen molar-refractivity contribution in [3.63, 3.8) is 0 Å². The molecule has 4 aliphatic heterocycles. The number of aliphatic hydroxyl groups excluding tert-OH is 5. The number of aliphatic hydroxyl groups is 5. The lowest BCUT2D eigenvalue weighted by Gasteiger charge is -2.34. The topological polar surface area (TPSA) is 523 Å². The third-order valence-corrected chi connectivity index (χ3v) is 20.2. The van der Waals surface area contributed by atoms with Crippen LogP contribution in [-0.2, 0) is 84.7 Å². The van der Waals surface area contributed by atoms with E-state index in [1.54, 1.807) is 52.0 Å². The predicted molar refractivity (Wildman–Crippen MR) is 390 cm³/mol. The van der Waals surface area contributed by atoms with E-state index < -0.39 is 230 Å². The van der Waals surface area contributed by atoms with Crippen molar-refractivity contribution in [3.8, 4) is 11.5 Å². The lowest BCUT2D eigenvalue weighted by atomic mass is 9.93. The number of hydrogen-bond acceptors (Lipinski definition) is 23. The summed E-state index contributed by atoms with van der Waals surface area (Å²) in [6.07, 6.45) is -9.95. The van der Waals surface area contributed by atoms with E-state index >= 15 is 9.59 Å². The molecule has 12 amide bonds. The Balaban J connectivity index is 1.44. The minimum absolute atomic E-state index is 0.00833. The average molecular weight is 1530 g/mol. The van der Waals surface area contributed by atoms with E-state index in [-0.39, 0.29) is 82.5 Å². The van der Waals surface area contributed by atoms with Crippen LogP contribution >= 0.6 is 0 Å². The minimum atomic E-state index is -2.51. The molecule has 17 atom stereocenters. The Morgan fingerprint density at radius 2 is 1.26 bits per heavy atom. The van der Waals surface area contributed by atoms with Crippen LogP contribution in [0, 0.1) is 11.8 Å². The van der Waals surface area contributed by atoms with Gasteiger partial charge in [0, 0.05) is 52.7 Å². The zero-order valence-electron chi connectivity index (χ0n) is 63.2. The number of nitrogens with zero attached hydrogens (tertiary/aromatic N) is 3. The molecule has 4 aliphatic rings. The van der Waals surface area contributed by atoms with Crippen LogP contribution in [0.5, 0.6) is 11.5 Å². The Hall–Kier alpha value is -9.68. The van der Waals surface area contributed by atoms with Gasteiger partial charge < -0.3 is 103 Å². The van der Waals surface area contributed by atoms with E-state index in [9.17, 15) is 88.2 Å². The molecule has 2 aromatic carbocycles. The van der Waals surface area contributed by atoms with Crippen LogP contribution in [0.4, 0.5) is 0 Å². The van der Waals surface area contributed by atoms with Gasteiger partial charge in [0.05, 0.1) is 56.7 Å². The maximum absolute atomic E-state index is 15.3. The van der Waals surface area contributed by atoms with Gasteiger partial charge in [-0.3, -0.25) is 67.6 Å². The van der Waals surface area contributed by atoms with Crippen molar-refractivity contribution < 1.29 is 107 Å². The van der Waals surface area contributed by atoms with Crippen molar-refractivity contribution in [3.05, 3.63) is 71.4 Å². The molecule has 4 fully saturated rings. The van der Waals surface area contributed by atoms with E-state index in [1.165, 1.54) is 57.2 Å². The van der Waals surface area contributed by atoms with Crippen LogP contribution in [0.3, 0.4) is 0 Å². The average Bonchev–Trinajstić information content (AvgIpc) is 1.71. The molecular weight excluding hydrogens is 1420 g/mol. The van der Waals surface area contributed by atoms with E-state index in [1.807, 2.05) is 0 Å². The fourth-order valence-corrected chi connectivity index (χ4v) is 13.5. The van der Waals surface area contributed by atoms with E-state index in [0.29, 0.717) is 29.7 Å². The second-order valence-corrected chi connectivity index (χ2v) is 28.8. The molecule has 0 aliphatic carbocycles. The number of rotatable bonds is 23. The van der Waals surface area contributed by atoms with Crippen molar-refractivity contribution in [2.75, 3.05) is 40.4 Å². The number of ether oxygens (including phenoxy) is 2. The van der Waals surface area contributed by atoms with Gasteiger partial charge in [-0.15, -0.1) is 0 Å². The standard InChI is InChI=1S/C74H109N13O22/c1-10-39(5)61-69(102)82-53(37-88)66(99)78-47(11-2)65(98)84-62(40(6)89)70(103)80-51(25-20-42-18-23-45(108-9)24-19-42)73(106)86-30-12-14-54(86)67(100)81-52(34-46(35-58(93)57(92)32-38(3)4)109-74(107)56(85(8)41(7)90)33-43-16-21-44(91)22-17-43)63(96)71(104)79-49(28-29-60(75)95)64(97)76-36-59(94)48-26-27-50(77-48)72(105)87-31-13-15-55(87)68(101)83-61/h11,16-19,21-24,38-40,46,48-58,61-63,77,88-89,91-93,96H,10,12-15,20,25-37H2,1-9H3,(H2,75,95)(H,76,97)(H,78,99)(H,79,104)(H,80,103)(H,81,100)(H,82,102)(H,83,101)(H,84,98)/t39-,40+,46+,48-,49+,50-,51+,52-,53-,54-,55-,56-,57+,58-,61+,62?,63+/m0/s1. The van der Waals surface area contributed by atoms with Crippen molar-refractivity contribution in [2.45, 2.75) is 242 Å². The number of nitrogens with one attached hydrogen (secondary N) is 9. The van der Waals surface area contributed by atoms with Gasteiger partial charge in [0.15, 0.2) is 11.9 Å². The first-order valence-corrected chi connectivity index (χ1v) is 37.0. The molecule has 4 saturated heterocycles. The van der Waals surface area contributed by atoms with E-state index in [2.05, 4.69) is 47.9 Å². The zero-order chi connectivity index (χ0) is 80.7. The number of likely N-dealkylation sites (N-methyl/N-ethyl adjacent to an activating group) is 1. The fourth-order valence-electron chi connectivity index (χ4n) is 13.5. The molecule has 0 spiro atoms. The van der Waals surface area contributed by atoms with Crippen LogP contribution in [0.25, 0.3) is 0 Å². The third-order valence-electron chi connectivity index (χ3n) is 20.2. The van der Waals surface area contributed by atoms with Gasteiger partial charge in [-0.1, -0.05) is 64.5 Å². The quantitative estimate of drug-likeness (QED) is 0.0382. The second kappa shape index (κ2) is 41.8. The van der Waals surface area contributed by atoms with Crippen LogP contribution < -0.4 is 58.3 Å². The summed E-state index contributed by atoms with van der Waals surface area (Å²) >= 11 is 0. The summed E-state index contributed by atoms with van der Waals surface area (Å²) < 4.78 is 11.4. The van der Waals surface area contributed by atoms with Crippen molar-refractivity contribution >= 4 is 82.6 Å². The molecular formula is C74H109N13O22. The fraction of sp³-hybridized carbons (Fsp3) is 0.622. The summed E-state index contributed by atoms with van der Waals surface area (Å²) in [6.45, 7) is 8.70. The van der Waals surface area contributed by atoms with Gasteiger partial charge >= 0.3 is 5.97 Å². The number of ketones is 1. The Bertz CT molecular complexity index is 3580. The van der Waals surface area contributed by atoms with Gasteiger partial charge in [-0.05, 0) is 125 Å². The number of carbonyl (C=O) groups excluding carboxylic acids is 14. The third kappa shape index (κ3) is 25.2. The van der Waals surface area contributed by atoms with Gasteiger partial charge in [0.25, 0.3) is 11.8 Å². The van der Waals surface area contributed by atoms with Gasteiger partial charge in [-0.2, -0.15) is 0 Å². The molecule has 4 heterocycles. The molecule has 602 valence electrons. The van der Waals surface area contributed by atoms with E-state index in [0.717, 1.165) is 22.8 Å². The number of esters is 1. The second-order valence-electron chi connectivity index (χ2n) is 28.8. The zero-order valence-corrected chi connectivity index (χ0v) is 63.2. The van der Waals surface area contributed by atoms with Gasteiger partial charge in [0.2, 0.25) is 59.1 Å². The molecule has 0 saturated carbocycles. The summed E-state index contributed by atoms with van der Waals surface area (Å²) in [7, 11) is 2.76. The van der Waals surface area contributed by atoms with Crippen molar-refractivity contribution in [1.82, 2.24) is 62.6 Å². The first-order valence-electron chi connectivity index (χ1n) is 37.0. The first-order chi connectivity index (χ1) is 51.6. The molecule has 109 heavy (non-hydrogen) atoms. The van der Waals surface area contributed by atoms with Gasteiger partial charge in [0.1, 0.15) is 71.6 Å². The van der Waals surface area contributed by atoms with Crippen LogP contribution in [0.2, 0.25) is 0 Å². The number of primary amides is 1. The molecule has 35 nitrogen and oxygen atoms in total. The SMILES string of the molecule is CC=C1NC(=O)[C@H](CO)NC(=O)[C@@H]([C@@H](C)CC)NC(=O)[C@@H]2CCCN2C(=O)[C@@H]2CC[C@H](N2)C(=O)CNC(=O)[C@@H](CCC(N)=O)NC(=O)[C@H](O)[C@H](C[C@H](C[C@H](O)[C@H](O)CC(C)C)OC(=O)[C@H](Cc2ccc(O)cc2)N(C)C(C)=O)NC(=O)[C@@H]2CCCN2C(=O)[C@@H](CCc2ccc(OC)cc2)NC(=O)C([C@@H](C)O)NC1=O. The van der Waals surface area contributed by atoms with Crippen molar-refractivity contribution in [2.24, 2.45) is 17.6 Å². The molecule has 2 bridgehead atoms. The monoisotopic (exact) mass is 1530 g/mol. The highest BCUT2D eigenvalue weighted by molar-refractivity contribution is 6.03. The highest BCUT2D eigenvalue weighted by atomic mass is 16.5. The Morgan fingerprint density at radius 1 is 0.679 bits per heavy atom. The number of amides is 12. The molecule has 1 unspecified atom stereocenters. The summed E-state index contributed by atoms with van der Waals surface area (Å²) in [5, 5.41) is 90.0. The first kappa shape index (κ1) is 88.2. The number of nitrogens with two attached hydrogens (primary N) is 1. The minimum Gasteiger partial charge on any atom is -0.508 e. The largest absolute Gasteiger partial charge is 0.508 e. The maximum atomic E-state index is 15.3. The number of fused-ring (bicyclic) bond motifs is 4. The summed E-state index contributed by atoms with van der Waals surface area (Å²) in [4.78, 5) is 203. The van der Waals surface area contributed by atoms with E-state index in [4.69, 9.17) is 15.2 Å². The number of benzene rings is 2. The number of phenols is 1. The molecule has 6 rings (SSSR count). The van der Waals surface area contributed by atoms with Crippen LogP contribution in [-0.4, -0.2) is 265 Å². The van der Waals surface area contributed by atoms with Crippen LogP contribution in [0.15, 0.2) is 60.3 Å². The smallest absolute Gasteiger partial charge is 0.329 e. The normalized spacial score (nSPS) is 26.4. The number of carbonyl (C=O) groups is 14. The number of Topliss-reactive ketones (excluding diaryl/α,β-unsaturated/α-hetero) is 1. The predicted octanol–water partition coefficient (Wildman–Crippen LogP) is -3.34. The van der Waals surface area contributed by atoms with Gasteiger partial charge in [-0.25, -0.2) is 4.79 Å². The number of methoxy groups -OCH3 is 1. The number of aryl methyl sites for hydroxylation is 1. The van der Waals surface area contributed by atoms with Crippen LogP contribution in [0.1, 0.15) is 143 Å². The Labute approximate surface area is 632 Å². The molecule has 0 radical (unpaired) electrons. The number of aromatic hydroxyl groups is 1.